The first-order valence-electron chi connectivity index (χ1n) is 5.81. The Balaban J connectivity index is 2.11. The van der Waals surface area contributed by atoms with E-state index in [0.29, 0.717) is 0 Å². The van der Waals surface area contributed by atoms with Crippen molar-refractivity contribution in [1.29, 1.82) is 0 Å². The van der Waals surface area contributed by atoms with Gasteiger partial charge >= 0.3 is 7.12 Å². The van der Waals surface area contributed by atoms with Crippen molar-refractivity contribution in [3.8, 4) is 0 Å². The summed E-state index contributed by atoms with van der Waals surface area (Å²) in [6.07, 6.45) is 5.98. The van der Waals surface area contributed by atoms with Crippen LogP contribution in [0, 0.1) is 5.41 Å². The lowest BCUT2D eigenvalue weighted by Gasteiger charge is -2.48. The van der Waals surface area contributed by atoms with Gasteiger partial charge in [-0.2, -0.15) is 0 Å². The van der Waals surface area contributed by atoms with Gasteiger partial charge in [-0.3, -0.25) is 0 Å². The molecule has 0 bridgehead atoms. The lowest BCUT2D eigenvalue weighted by atomic mass is 9.68. The fraction of sp³-hybridized carbons (Fsp3) is 0.667. The molecule has 0 saturated carbocycles. The summed E-state index contributed by atoms with van der Waals surface area (Å²) in [6.45, 7) is 10.2. The maximum atomic E-state index is 6.06. The third kappa shape index (κ3) is 2.04. The van der Waals surface area contributed by atoms with Crippen molar-refractivity contribution in [2.24, 2.45) is 5.41 Å². The Kier molecular flexibility index (Phi) is 2.89. The highest BCUT2D eigenvalue weighted by Gasteiger charge is 2.47. The van der Waals surface area contributed by atoms with Crippen molar-refractivity contribution in [2.45, 2.75) is 33.3 Å². The minimum atomic E-state index is -0.208. The Bertz CT molecular complexity index is 334. The standard InChI is InChI=1S/C12H20BNO2/c1-11(2)9-15-13(16-12(11,3)4)10-6-5-7-14-8-10/h5-7,14H,8-9H2,1-4H3. The smallest absolute Gasteiger partial charge is 0.407 e. The second-order valence-corrected chi connectivity index (χ2v) is 5.64. The molecule has 1 N–H and O–H groups in total. The van der Waals surface area contributed by atoms with Crippen LogP contribution < -0.4 is 5.32 Å². The van der Waals surface area contributed by atoms with Gasteiger partial charge in [-0.1, -0.05) is 19.9 Å². The summed E-state index contributed by atoms with van der Waals surface area (Å²) in [5.41, 5.74) is 1.03. The summed E-state index contributed by atoms with van der Waals surface area (Å²) in [5, 5.41) is 3.17. The van der Waals surface area contributed by atoms with Gasteiger partial charge in [0.05, 0.1) is 5.60 Å². The minimum Gasteiger partial charge on any atom is -0.407 e. The Labute approximate surface area is 98.0 Å². The number of rotatable bonds is 1. The molecule has 0 radical (unpaired) electrons. The topological polar surface area (TPSA) is 30.5 Å². The van der Waals surface area contributed by atoms with E-state index in [1.165, 1.54) is 0 Å². The van der Waals surface area contributed by atoms with E-state index in [2.05, 4.69) is 39.1 Å². The molecule has 16 heavy (non-hydrogen) atoms. The van der Waals surface area contributed by atoms with Crippen molar-refractivity contribution < 1.29 is 9.31 Å². The van der Waals surface area contributed by atoms with Crippen molar-refractivity contribution in [1.82, 2.24) is 5.32 Å². The van der Waals surface area contributed by atoms with Gasteiger partial charge in [0.2, 0.25) is 0 Å². The summed E-state index contributed by atoms with van der Waals surface area (Å²) in [6, 6.07) is 0. The van der Waals surface area contributed by atoms with Crippen LogP contribution in [-0.2, 0) is 9.31 Å². The summed E-state index contributed by atoms with van der Waals surface area (Å²) in [5.74, 6) is 0. The van der Waals surface area contributed by atoms with Crippen LogP contribution in [0.3, 0.4) is 0 Å². The molecule has 2 aliphatic heterocycles. The molecule has 0 atom stereocenters. The predicted octanol–water partition coefficient (Wildman–Crippen LogP) is 1.91. The van der Waals surface area contributed by atoms with Gasteiger partial charge in [-0.05, 0) is 31.6 Å². The van der Waals surface area contributed by atoms with Crippen molar-refractivity contribution >= 4 is 7.12 Å². The molecule has 0 unspecified atom stereocenters. The average Bonchev–Trinajstić information content (AvgIpc) is 2.23. The minimum absolute atomic E-state index is 0.0436. The number of hydrogen-bond acceptors (Lipinski definition) is 3. The van der Waals surface area contributed by atoms with E-state index in [-0.39, 0.29) is 18.1 Å². The van der Waals surface area contributed by atoms with Gasteiger partial charge in [0, 0.05) is 18.6 Å². The zero-order valence-electron chi connectivity index (χ0n) is 10.5. The monoisotopic (exact) mass is 221 g/mol. The van der Waals surface area contributed by atoms with Gasteiger partial charge in [-0.15, -0.1) is 0 Å². The number of dihydropyridines is 1. The van der Waals surface area contributed by atoms with Gasteiger partial charge < -0.3 is 14.6 Å². The maximum Gasteiger partial charge on any atom is 0.491 e. The molecule has 1 fully saturated rings. The third-order valence-corrected chi connectivity index (χ3v) is 3.76. The first-order chi connectivity index (χ1) is 7.42. The summed E-state index contributed by atoms with van der Waals surface area (Å²) in [4.78, 5) is 0. The molecule has 1 saturated heterocycles. The molecule has 0 aromatic carbocycles. The first-order valence-corrected chi connectivity index (χ1v) is 5.81. The molecule has 2 aliphatic rings. The number of allylic oxidation sites excluding steroid dienone is 2. The van der Waals surface area contributed by atoms with Crippen molar-refractivity contribution in [2.75, 3.05) is 13.2 Å². The lowest BCUT2D eigenvalue weighted by molar-refractivity contribution is -0.0953. The fourth-order valence-corrected chi connectivity index (χ4v) is 1.74. The van der Waals surface area contributed by atoms with Crippen molar-refractivity contribution in [3.63, 3.8) is 0 Å². The van der Waals surface area contributed by atoms with Crippen LogP contribution in [0.4, 0.5) is 0 Å². The molecule has 0 aromatic heterocycles. The second-order valence-electron chi connectivity index (χ2n) is 5.64. The first kappa shape index (κ1) is 11.7. The largest absolute Gasteiger partial charge is 0.491 e. The number of hydrogen-bond donors (Lipinski definition) is 1. The Hall–Kier alpha value is -0.735. The van der Waals surface area contributed by atoms with Gasteiger partial charge in [0.25, 0.3) is 0 Å². The summed E-state index contributed by atoms with van der Waals surface area (Å²) >= 11 is 0. The van der Waals surface area contributed by atoms with E-state index >= 15 is 0 Å². The molecule has 88 valence electrons. The average molecular weight is 221 g/mol. The molecule has 4 heteroatoms. The molecule has 0 aromatic rings. The Morgan fingerprint density at radius 3 is 2.62 bits per heavy atom. The highest BCUT2D eigenvalue weighted by atomic mass is 16.6. The molecule has 2 rings (SSSR count). The highest BCUT2D eigenvalue weighted by molar-refractivity contribution is 6.54. The van der Waals surface area contributed by atoms with Gasteiger partial charge in [0.1, 0.15) is 0 Å². The van der Waals surface area contributed by atoms with E-state index in [4.69, 9.17) is 9.31 Å². The van der Waals surface area contributed by atoms with E-state index in [1.54, 1.807) is 0 Å². The molecule has 2 heterocycles. The van der Waals surface area contributed by atoms with E-state index < -0.39 is 0 Å². The van der Waals surface area contributed by atoms with Gasteiger partial charge in [-0.25, -0.2) is 0 Å². The summed E-state index contributed by atoms with van der Waals surface area (Å²) in [7, 11) is -0.208. The molecular formula is C12H20BNO2. The lowest BCUT2D eigenvalue weighted by Crippen LogP contribution is -2.55. The SMILES string of the molecule is CC1(C)COB(C2=CC=CNC2)OC1(C)C. The summed E-state index contributed by atoms with van der Waals surface area (Å²) < 4.78 is 11.9. The molecule has 3 nitrogen and oxygen atoms in total. The molecule has 0 spiro atoms. The normalized spacial score (nSPS) is 27.2. The third-order valence-electron chi connectivity index (χ3n) is 3.76. The van der Waals surface area contributed by atoms with Gasteiger partial charge in [0.15, 0.2) is 0 Å². The molecular weight excluding hydrogens is 201 g/mol. The quantitative estimate of drug-likeness (QED) is 0.686. The molecule has 0 aliphatic carbocycles. The van der Waals surface area contributed by atoms with Crippen LogP contribution in [-0.4, -0.2) is 25.9 Å². The van der Waals surface area contributed by atoms with Crippen LogP contribution in [0.5, 0.6) is 0 Å². The maximum absolute atomic E-state index is 6.06. The van der Waals surface area contributed by atoms with Crippen LogP contribution in [0.25, 0.3) is 0 Å². The fourth-order valence-electron chi connectivity index (χ4n) is 1.74. The van der Waals surface area contributed by atoms with E-state index in [1.807, 2.05) is 12.3 Å². The van der Waals surface area contributed by atoms with Crippen LogP contribution in [0.2, 0.25) is 0 Å². The predicted molar refractivity (Wildman–Crippen MR) is 65.9 cm³/mol. The Morgan fingerprint density at radius 2 is 2.06 bits per heavy atom. The second kappa shape index (κ2) is 3.93. The number of nitrogens with one attached hydrogen (secondary N) is 1. The highest BCUT2D eigenvalue weighted by Crippen LogP contribution is 2.39. The van der Waals surface area contributed by atoms with Crippen molar-refractivity contribution in [3.05, 3.63) is 23.8 Å². The van der Waals surface area contributed by atoms with E-state index in [0.717, 1.165) is 18.6 Å². The zero-order valence-corrected chi connectivity index (χ0v) is 10.5. The van der Waals surface area contributed by atoms with Crippen LogP contribution in [0.1, 0.15) is 27.7 Å². The zero-order chi connectivity index (χ0) is 11.8. The van der Waals surface area contributed by atoms with Crippen LogP contribution in [0.15, 0.2) is 23.8 Å². The Morgan fingerprint density at radius 1 is 1.31 bits per heavy atom. The van der Waals surface area contributed by atoms with Crippen LogP contribution >= 0.6 is 0 Å². The van der Waals surface area contributed by atoms with E-state index in [9.17, 15) is 0 Å². The molecule has 0 amide bonds.